The molecule has 5 N–H and O–H groups in total. The number of carbonyl (C=O) groups excluding carboxylic acids is 7. The normalized spacial score (nSPS) is 27.3. The maximum Gasteiger partial charge on any atom is 0.245 e. The first-order chi connectivity index (χ1) is 24.5. The Bertz CT molecular complexity index is 1280. The van der Waals surface area contributed by atoms with Crippen molar-refractivity contribution in [1.29, 1.82) is 0 Å². The van der Waals surface area contributed by atoms with Crippen LogP contribution in [0.15, 0.2) is 0 Å². The van der Waals surface area contributed by atoms with E-state index in [4.69, 9.17) is 0 Å². The van der Waals surface area contributed by atoms with Crippen molar-refractivity contribution in [1.82, 2.24) is 36.4 Å². The summed E-state index contributed by atoms with van der Waals surface area (Å²) in [6.07, 6.45) is 3.90. The molecule has 0 bridgehead atoms. The van der Waals surface area contributed by atoms with Gasteiger partial charge in [0.25, 0.3) is 0 Å². The van der Waals surface area contributed by atoms with E-state index in [2.05, 4.69) is 26.6 Å². The van der Waals surface area contributed by atoms with Crippen molar-refractivity contribution < 1.29 is 33.6 Å². The van der Waals surface area contributed by atoms with Crippen LogP contribution in [0.3, 0.4) is 0 Å². The summed E-state index contributed by atoms with van der Waals surface area (Å²) in [5.74, 6) is -3.26. The van der Waals surface area contributed by atoms with Gasteiger partial charge in [0.2, 0.25) is 41.4 Å². The van der Waals surface area contributed by atoms with Crippen molar-refractivity contribution in [3.63, 3.8) is 0 Å². The Morgan fingerprint density at radius 3 is 1.38 bits per heavy atom. The largest absolute Gasteiger partial charge is 0.343 e. The van der Waals surface area contributed by atoms with Crippen molar-refractivity contribution in [2.24, 2.45) is 23.7 Å². The minimum absolute atomic E-state index is 0.00415. The molecule has 52 heavy (non-hydrogen) atoms. The van der Waals surface area contributed by atoms with Crippen LogP contribution in [0.5, 0.6) is 0 Å². The molecule has 3 aliphatic heterocycles. The van der Waals surface area contributed by atoms with Gasteiger partial charge in [0.1, 0.15) is 36.3 Å². The van der Waals surface area contributed by atoms with Crippen molar-refractivity contribution in [2.75, 3.05) is 19.6 Å². The Labute approximate surface area is 310 Å². The molecule has 0 radical (unpaired) electrons. The van der Waals surface area contributed by atoms with Gasteiger partial charge in [-0.15, -0.1) is 0 Å². The van der Waals surface area contributed by atoms with E-state index in [-0.39, 0.29) is 67.6 Å². The molecule has 3 fully saturated rings. The van der Waals surface area contributed by atoms with Crippen LogP contribution in [0.2, 0.25) is 0 Å². The van der Waals surface area contributed by atoms with Crippen molar-refractivity contribution in [3.8, 4) is 0 Å². The maximum atomic E-state index is 14.1. The Morgan fingerprint density at radius 2 is 0.923 bits per heavy atom. The summed E-state index contributed by atoms with van der Waals surface area (Å²) >= 11 is 0. The highest BCUT2D eigenvalue weighted by molar-refractivity contribution is 5.98. The molecule has 3 rings (SSSR count). The second-order valence-electron chi connectivity index (χ2n) is 16.6. The second kappa shape index (κ2) is 19.9. The number of carbonyl (C=O) groups is 7. The van der Waals surface area contributed by atoms with E-state index in [1.54, 1.807) is 4.90 Å². The lowest BCUT2D eigenvalue weighted by Crippen LogP contribution is -2.61. The zero-order valence-electron chi connectivity index (χ0n) is 32.7. The lowest BCUT2D eigenvalue weighted by molar-refractivity contribution is -0.143. The van der Waals surface area contributed by atoms with Crippen LogP contribution in [-0.4, -0.2) is 107 Å². The van der Waals surface area contributed by atoms with Gasteiger partial charge in [0.05, 0.1) is 0 Å². The fourth-order valence-electron chi connectivity index (χ4n) is 7.32. The molecule has 0 aromatic carbocycles. The Kier molecular flexibility index (Phi) is 16.4. The smallest absolute Gasteiger partial charge is 0.245 e. The Balaban J connectivity index is 2.06. The third-order valence-corrected chi connectivity index (χ3v) is 9.92. The molecule has 0 aromatic rings. The number of hydrogen-bond acceptors (Lipinski definition) is 7. The molecular weight excluding hydrogens is 666 g/mol. The van der Waals surface area contributed by atoms with E-state index in [9.17, 15) is 33.6 Å². The minimum Gasteiger partial charge on any atom is -0.343 e. The topological polar surface area (TPSA) is 186 Å². The molecule has 14 heteroatoms. The predicted octanol–water partition coefficient (Wildman–Crippen LogP) is 2.00. The highest BCUT2D eigenvalue weighted by Crippen LogP contribution is 2.22. The molecule has 14 nitrogen and oxygen atoms in total. The van der Waals surface area contributed by atoms with Gasteiger partial charge in [0.15, 0.2) is 0 Å². The summed E-state index contributed by atoms with van der Waals surface area (Å²) in [4.78, 5) is 100. The summed E-state index contributed by atoms with van der Waals surface area (Å²) < 4.78 is 0. The van der Waals surface area contributed by atoms with Crippen LogP contribution in [0, 0.1) is 23.7 Å². The van der Waals surface area contributed by atoms with E-state index in [1.807, 2.05) is 55.4 Å². The van der Waals surface area contributed by atoms with Gasteiger partial charge in [-0.25, -0.2) is 0 Å². The molecule has 3 saturated heterocycles. The number of rotatable bonds is 11. The Morgan fingerprint density at radius 1 is 0.538 bits per heavy atom. The van der Waals surface area contributed by atoms with Crippen LogP contribution < -0.4 is 26.6 Å². The third-order valence-electron chi connectivity index (χ3n) is 9.92. The zero-order chi connectivity index (χ0) is 38.7. The van der Waals surface area contributed by atoms with Gasteiger partial charge >= 0.3 is 0 Å². The van der Waals surface area contributed by atoms with Gasteiger partial charge in [-0.1, -0.05) is 55.4 Å². The van der Waals surface area contributed by atoms with Gasteiger partial charge in [-0.3, -0.25) is 33.6 Å². The molecule has 0 aliphatic carbocycles. The molecule has 294 valence electrons. The summed E-state index contributed by atoms with van der Waals surface area (Å²) in [6, 6.07) is -6.03. The standard InChI is InChI=1S/C38H65N7O7/c1-22(2)18-27-35(49)41-28(19-23(3)4)36(50)43-30(21-25(7)8)38(52)45-17-11-12-31(45)37(51)42-29(20-24(5)6)34(48)39-26(33(47)40-27)13-14-32(46)44-15-9-10-16-44/h22-31H,9-21H2,1-8H3,(H,39,48)(H,40,47)(H,41,49)(H,42,51)(H,43,50)/t26?,27-,28+,29?,30+,31-/m1/s1. The van der Waals surface area contributed by atoms with Crippen LogP contribution in [-0.2, 0) is 33.6 Å². The van der Waals surface area contributed by atoms with Crippen LogP contribution >= 0.6 is 0 Å². The fourth-order valence-corrected chi connectivity index (χ4v) is 7.32. The number of likely N-dealkylation sites (tertiary alicyclic amines) is 1. The van der Waals surface area contributed by atoms with E-state index >= 15 is 0 Å². The highest BCUT2D eigenvalue weighted by Gasteiger charge is 2.41. The molecule has 6 atom stereocenters. The molecular formula is C38H65N7O7. The van der Waals surface area contributed by atoms with Gasteiger partial charge in [-0.05, 0) is 81.5 Å². The van der Waals surface area contributed by atoms with E-state index in [0.29, 0.717) is 38.9 Å². The Hall–Kier alpha value is -3.71. The number of nitrogens with zero attached hydrogens (tertiary/aromatic N) is 2. The third kappa shape index (κ3) is 12.8. The highest BCUT2D eigenvalue weighted by atomic mass is 16.2. The number of nitrogens with one attached hydrogen (secondary N) is 5. The van der Waals surface area contributed by atoms with E-state index in [1.165, 1.54) is 4.90 Å². The van der Waals surface area contributed by atoms with Crippen molar-refractivity contribution in [2.45, 2.75) is 156 Å². The molecule has 0 aromatic heterocycles. The zero-order valence-corrected chi connectivity index (χ0v) is 32.7. The average molecular weight is 732 g/mol. The molecule has 7 amide bonds. The van der Waals surface area contributed by atoms with Gasteiger partial charge < -0.3 is 36.4 Å². The van der Waals surface area contributed by atoms with Crippen LogP contribution in [0.1, 0.15) is 120 Å². The summed E-state index contributed by atoms with van der Waals surface area (Å²) in [7, 11) is 0. The first-order valence-corrected chi connectivity index (χ1v) is 19.6. The first kappa shape index (κ1) is 42.7. The molecule has 0 spiro atoms. The van der Waals surface area contributed by atoms with Crippen molar-refractivity contribution in [3.05, 3.63) is 0 Å². The summed E-state index contributed by atoms with van der Waals surface area (Å²) in [5.41, 5.74) is 0. The van der Waals surface area contributed by atoms with E-state index in [0.717, 1.165) is 12.8 Å². The number of fused-ring (bicyclic) bond motifs is 1. The molecule has 0 saturated carbocycles. The first-order valence-electron chi connectivity index (χ1n) is 19.6. The van der Waals surface area contributed by atoms with Gasteiger partial charge in [-0.2, -0.15) is 0 Å². The molecule has 3 aliphatic rings. The molecule has 2 unspecified atom stereocenters. The predicted molar refractivity (Wildman–Crippen MR) is 197 cm³/mol. The van der Waals surface area contributed by atoms with Crippen LogP contribution in [0.4, 0.5) is 0 Å². The van der Waals surface area contributed by atoms with E-state index < -0.39 is 65.8 Å². The fraction of sp³-hybridized carbons (Fsp3) is 0.816. The maximum absolute atomic E-state index is 14.1. The quantitative estimate of drug-likeness (QED) is 0.215. The lowest BCUT2D eigenvalue weighted by atomic mass is 9.98. The molecule has 3 heterocycles. The van der Waals surface area contributed by atoms with Crippen LogP contribution in [0.25, 0.3) is 0 Å². The lowest BCUT2D eigenvalue weighted by Gasteiger charge is -2.32. The summed E-state index contributed by atoms with van der Waals surface area (Å²) in [6.45, 7) is 17.0. The van der Waals surface area contributed by atoms with Gasteiger partial charge in [0, 0.05) is 26.1 Å². The number of hydrogen-bond donors (Lipinski definition) is 5. The second-order valence-corrected chi connectivity index (χ2v) is 16.6. The monoisotopic (exact) mass is 731 g/mol. The minimum atomic E-state index is -1.18. The number of amides is 7. The van der Waals surface area contributed by atoms with Crippen molar-refractivity contribution >= 4 is 41.4 Å². The summed E-state index contributed by atoms with van der Waals surface area (Å²) in [5, 5.41) is 14.3. The average Bonchev–Trinajstić information content (AvgIpc) is 3.77. The SMILES string of the molecule is CC(C)CC1NC(=O)[C@H]2CCCN2C(=O)[C@H](CC(C)C)NC(=O)[C@H](CC(C)C)NC(=O)[C@@H](CC(C)C)NC(=O)C(CCC(=O)N2CCCC2)NC1=O.